The van der Waals surface area contributed by atoms with Gasteiger partial charge in [0.2, 0.25) is 0 Å². The fourth-order valence-electron chi connectivity index (χ4n) is 2.50. The molecule has 0 spiro atoms. The number of aliphatic hydroxyl groups excluding tert-OH is 1. The Morgan fingerprint density at radius 2 is 2.12 bits per heavy atom. The van der Waals surface area contributed by atoms with Crippen LogP contribution in [-0.4, -0.2) is 91.5 Å². The SMILES string of the molecule is CN(CCO)CC1COCCN1C(=O)COc1ccccc1.O=CO. The number of ether oxygens (including phenoxy) is 2. The van der Waals surface area contributed by atoms with Gasteiger partial charge in [-0.3, -0.25) is 9.59 Å². The van der Waals surface area contributed by atoms with E-state index in [0.29, 0.717) is 38.6 Å². The third-order valence-electron chi connectivity index (χ3n) is 3.66. The van der Waals surface area contributed by atoms with Crippen molar-refractivity contribution >= 4 is 12.4 Å². The van der Waals surface area contributed by atoms with Gasteiger partial charge in [-0.1, -0.05) is 18.2 Å². The van der Waals surface area contributed by atoms with E-state index in [1.54, 1.807) is 0 Å². The van der Waals surface area contributed by atoms with Gasteiger partial charge in [0.15, 0.2) is 6.61 Å². The molecule has 1 atom stereocenters. The van der Waals surface area contributed by atoms with E-state index in [2.05, 4.69) is 0 Å². The minimum atomic E-state index is -0.250. The van der Waals surface area contributed by atoms with Crippen LogP contribution in [0.5, 0.6) is 5.75 Å². The number of benzene rings is 1. The smallest absolute Gasteiger partial charge is 0.290 e. The average molecular weight is 354 g/mol. The zero-order valence-corrected chi connectivity index (χ0v) is 14.4. The summed E-state index contributed by atoms with van der Waals surface area (Å²) >= 11 is 0. The number of nitrogens with zero attached hydrogens (tertiary/aromatic N) is 2. The molecule has 140 valence electrons. The standard InChI is InChI=1S/C16H24N2O4.CH2O2/c1-17(7-9-19)11-14-12-21-10-8-18(14)16(20)13-22-15-5-3-2-4-6-15;2-1-3/h2-6,14,19H,7-13H2,1H3;1H,(H,2,3). The van der Waals surface area contributed by atoms with Crippen LogP contribution in [0.2, 0.25) is 0 Å². The quantitative estimate of drug-likeness (QED) is 0.661. The molecule has 1 amide bonds. The number of carbonyl (C=O) groups excluding carboxylic acids is 1. The average Bonchev–Trinajstić information content (AvgIpc) is 2.62. The first kappa shape index (κ1) is 20.9. The Labute approximate surface area is 147 Å². The summed E-state index contributed by atoms with van der Waals surface area (Å²) < 4.78 is 11.0. The summed E-state index contributed by atoms with van der Waals surface area (Å²) in [7, 11) is 1.92. The summed E-state index contributed by atoms with van der Waals surface area (Å²) in [6.07, 6.45) is 0. The van der Waals surface area contributed by atoms with Crippen LogP contribution in [0, 0.1) is 0 Å². The molecule has 0 saturated carbocycles. The van der Waals surface area contributed by atoms with Crippen molar-refractivity contribution in [2.75, 3.05) is 53.1 Å². The number of hydrogen-bond acceptors (Lipinski definition) is 6. The second kappa shape index (κ2) is 12.2. The van der Waals surface area contributed by atoms with E-state index < -0.39 is 0 Å². The molecule has 0 aromatic heterocycles. The highest BCUT2D eigenvalue weighted by molar-refractivity contribution is 5.78. The third kappa shape index (κ3) is 7.97. The fraction of sp³-hybridized carbons (Fsp3) is 0.529. The Balaban J connectivity index is 0.000000970. The summed E-state index contributed by atoms with van der Waals surface area (Å²) in [5.41, 5.74) is 0. The number of carbonyl (C=O) groups is 2. The number of para-hydroxylation sites is 1. The topological polar surface area (TPSA) is 99.5 Å². The van der Waals surface area contributed by atoms with Gasteiger partial charge in [0.05, 0.1) is 25.9 Å². The molecule has 0 bridgehead atoms. The van der Waals surface area contributed by atoms with Crippen LogP contribution in [0.1, 0.15) is 0 Å². The van der Waals surface area contributed by atoms with Gasteiger partial charge in [-0.25, -0.2) is 0 Å². The predicted molar refractivity (Wildman–Crippen MR) is 91.5 cm³/mol. The van der Waals surface area contributed by atoms with Crippen LogP contribution in [0.3, 0.4) is 0 Å². The summed E-state index contributed by atoms with van der Waals surface area (Å²) in [6.45, 7) is 2.80. The van der Waals surface area contributed by atoms with Gasteiger partial charge in [0, 0.05) is 19.6 Å². The zero-order valence-electron chi connectivity index (χ0n) is 14.4. The summed E-state index contributed by atoms with van der Waals surface area (Å²) in [4.78, 5) is 24.6. The van der Waals surface area contributed by atoms with Crippen molar-refractivity contribution in [3.05, 3.63) is 30.3 Å². The number of likely N-dealkylation sites (N-methyl/N-ethyl adjacent to an activating group) is 1. The number of morpholine rings is 1. The van der Waals surface area contributed by atoms with Crippen LogP contribution >= 0.6 is 0 Å². The molecule has 0 aliphatic carbocycles. The lowest BCUT2D eigenvalue weighted by molar-refractivity contribution is -0.142. The summed E-state index contributed by atoms with van der Waals surface area (Å²) in [5, 5.41) is 15.9. The van der Waals surface area contributed by atoms with Crippen molar-refractivity contribution in [1.29, 1.82) is 0 Å². The molecule has 1 aliphatic rings. The highest BCUT2D eigenvalue weighted by Gasteiger charge is 2.28. The third-order valence-corrected chi connectivity index (χ3v) is 3.66. The van der Waals surface area contributed by atoms with Crippen LogP contribution in [-0.2, 0) is 14.3 Å². The molecule has 1 aromatic carbocycles. The summed E-state index contributed by atoms with van der Waals surface area (Å²) in [6, 6.07) is 9.32. The van der Waals surface area contributed by atoms with Crippen molar-refractivity contribution in [2.24, 2.45) is 0 Å². The van der Waals surface area contributed by atoms with Gasteiger partial charge in [-0.05, 0) is 19.2 Å². The van der Waals surface area contributed by atoms with Crippen LogP contribution in [0.15, 0.2) is 30.3 Å². The molecule has 2 N–H and O–H groups in total. The molecule has 1 fully saturated rings. The van der Waals surface area contributed by atoms with Crippen molar-refractivity contribution < 1.29 is 29.3 Å². The molecular weight excluding hydrogens is 328 g/mol. The minimum Gasteiger partial charge on any atom is -0.484 e. The second-order valence-electron chi connectivity index (χ2n) is 5.51. The van der Waals surface area contributed by atoms with Gasteiger partial charge < -0.3 is 29.5 Å². The van der Waals surface area contributed by atoms with Gasteiger partial charge >= 0.3 is 0 Å². The maximum Gasteiger partial charge on any atom is 0.290 e. The van der Waals surface area contributed by atoms with E-state index in [1.165, 1.54) is 0 Å². The lowest BCUT2D eigenvalue weighted by Crippen LogP contribution is -2.54. The van der Waals surface area contributed by atoms with Gasteiger partial charge in [-0.15, -0.1) is 0 Å². The van der Waals surface area contributed by atoms with E-state index in [4.69, 9.17) is 24.5 Å². The number of aliphatic hydroxyl groups is 1. The van der Waals surface area contributed by atoms with Gasteiger partial charge in [0.25, 0.3) is 12.4 Å². The van der Waals surface area contributed by atoms with Crippen molar-refractivity contribution in [2.45, 2.75) is 6.04 Å². The van der Waals surface area contributed by atoms with Crippen LogP contribution in [0.4, 0.5) is 0 Å². The molecule has 8 heteroatoms. The van der Waals surface area contributed by atoms with Gasteiger partial charge in [-0.2, -0.15) is 0 Å². The molecule has 8 nitrogen and oxygen atoms in total. The molecule has 1 heterocycles. The lowest BCUT2D eigenvalue weighted by Gasteiger charge is -2.37. The Bertz CT molecular complexity index is 499. The Morgan fingerprint density at radius 3 is 2.76 bits per heavy atom. The van der Waals surface area contributed by atoms with Crippen LogP contribution in [0.25, 0.3) is 0 Å². The Morgan fingerprint density at radius 1 is 1.44 bits per heavy atom. The molecule has 25 heavy (non-hydrogen) atoms. The van der Waals surface area contributed by atoms with Crippen molar-refractivity contribution in [3.8, 4) is 5.75 Å². The maximum absolute atomic E-state index is 12.4. The Kier molecular flexibility index (Phi) is 10.2. The fourth-order valence-corrected chi connectivity index (χ4v) is 2.50. The predicted octanol–water partition coefficient (Wildman–Crippen LogP) is -0.0823. The first-order chi connectivity index (χ1) is 12.1. The lowest BCUT2D eigenvalue weighted by atomic mass is 10.2. The normalized spacial score (nSPS) is 16.8. The van der Waals surface area contributed by atoms with E-state index in [9.17, 15) is 4.79 Å². The molecular formula is C17H26N2O6. The molecule has 1 unspecified atom stereocenters. The van der Waals surface area contributed by atoms with E-state index in [-0.39, 0.29) is 31.6 Å². The molecule has 1 aliphatic heterocycles. The van der Waals surface area contributed by atoms with Gasteiger partial charge in [0.1, 0.15) is 5.75 Å². The Hall–Kier alpha value is -2.16. The molecule has 1 saturated heterocycles. The number of hydrogen-bond donors (Lipinski definition) is 2. The van der Waals surface area contributed by atoms with E-state index in [1.807, 2.05) is 47.2 Å². The van der Waals surface area contributed by atoms with E-state index >= 15 is 0 Å². The van der Waals surface area contributed by atoms with E-state index in [0.717, 1.165) is 0 Å². The highest BCUT2D eigenvalue weighted by Crippen LogP contribution is 2.12. The molecule has 0 radical (unpaired) electrons. The number of carboxylic acid groups (broad SMARTS) is 1. The number of amides is 1. The monoisotopic (exact) mass is 354 g/mol. The van der Waals surface area contributed by atoms with Crippen LogP contribution < -0.4 is 4.74 Å². The summed E-state index contributed by atoms with van der Waals surface area (Å²) in [5.74, 6) is 0.660. The number of rotatable bonds is 7. The second-order valence-corrected chi connectivity index (χ2v) is 5.51. The first-order valence-electron chi connectivity index (χ1n) is 8.04. The van der Waals surface area contributed by atoms with Crippen molar-refractivity contribution in [3.63, 3.8) is 0 Å². The maximum atomic E-state index is 12.4. The zero-order chi connectivity index (χ0) is 18.5. The molecule has 1 aromatic rings. The molecule has 2 rings (SSSR count). The minimum absolute atomic E-state index is 0.00262. The first-order valence-corrected chi connectivity index (χ1v) is 8.04. The largest absolute Gasteiger partial charge is 0.484 e. The van der Waals surface area contributed by atoms with Crippen molar-refractivity contribution in [1.82, 2.24) is 9.80 Å². The highest BCUT2D eigenvalue weighted by atomic mass is 16.5.